The van der Waals surface area contributed by atoms with Crippen molar-refractivity contribution in [1.29, 1.82) is 0 Å². The minimum Gasteiger partial charge on any atom is -0.372 e. The van der Waals surface area contributed by atoms with Gasteiger partial charge in [-0.25, -0.2) is 0 Å². The summed E-state index contributed by atoms with van der Waals surface area (Å²) in [6.45, 7) is 14.4. The van der Waals surface area contributed by atoms with Crippen LogP contribution in [-0.2, 0) is 0 Å². The Hall–Kier alpha value is -1.02. The number of unbranched alkanes of at least 4 members (excludes halogenated alkanes) is 1. The topological polar surface area (TPSA) is 15.3 Å². The van der Waals surface area contributed by atoms with Crippen LogP contribution in [-0.4, -0.2) is 25.2 Å². The maximum atomic E-state index is 3.55. The number of benzene rings is 1. The van der Waals surface area contributed by atoms with Crippen LogP contribution in [0.3, 0.4) is 0 Å². The van der Waals surface area contributed by atoms with Crippen LogP contribution in [0.15, 0.2) is 24.3 Å². The van der Waals surface area contributed by atoms with Gasteiger partial charge in [-0.1, -0.05) is 18.2 Å². The molecule has 0 aliphatic rings. The van der Waals surface area contributed by atoms with Crippen LogP contribution in [0.1, 0.15) is 46.1 Å². The molecule has 0 aliphatic carbocycles. The van der Waals surface area contributed by atoms with Crippen molar-refractivity contribution in [3.8, 4) is 0 Å². The molecule has 0 saturated carbocycles. The maximum Gasteiger partial charge on any atom is 0.0395 e. The molecule has 0 atom stereocenters. The SMILES string of the molecule is CCN(CCCCNC(C)(C)C)c1ccccc1C. The third-order valence-electron chi connectivity index (χ3n) is 3.35. The molecule has 0 spiro atoms. The highest BCUT2D eigenvalue weighted by Gasteiger charge is 2.08. The summed E-state index contributed by atoms with van der Waals surface area (Å²) in [6, 6.07) is 8.66. The second-order valence-electron chi connectivity index (χ2n) is 6.25. The molecule has 1 N–H and O–H groups in total. The van der Waals surface area contributed by atoms with E-state index in [-0.39, 0.29) is 5.54 Å². The molecule has 0 fully saturated rings. The first-order chi connectivity index (χ1) is 8.94. The van der Waals surface area contributed by atoms with Crippen molar-refractivity contribution in [2.24, 2.45) is 0 Å². The van der Waals surface area contributed by atoms with Crippen LogP contribution in [0.25, 0.3) is 0 Å². The normalized spacial score (nSPS) is 11.6. The Labute approximate surface area is 119 Å². The Kier molecular flexibility index (Phi) is 6.36. The molecule has 0 radical (unpaired) electrons. The third-order valence-corrected chi connectivity index (χ3v) is 3.35. The van der Waals surface area contributed by atoms with Gasteiger partial charge in [0, 0.05) is 24.3 Å². The lowest BCUT2D eigenvalue weighted by molar-refractivity contribution is 0.419. The summed E-state index contributed by atoms with van der Waals surface area (Å²) in [7, 11) is 0. The van der Waals surface area contributed by atoms with Gasteiger partial charge in [-0.3, -0.25) is 0 Å². The van der Waals surface area contributed by atoms with Crippen LogP contribution in [0, 0.1) is 6.92 Å². The van der Waals surface area contributed by atoms with E-state index in [1.807, 2.05) is 0 Å². The minimum absolute atomic E-state index is 0.237. The standard InChI is InChI=1S/C17H30N2/c1-6-19(16-12-8-7-11-15(16)2)14-10-9-13-18-17(3,4)5/h7-8,11-12,18H,6,9-10,13-14H2,1-5H3. The Morgan fingerprint density at radius 2 is 1.79 bits per heavy atom. The van der Waals surface area contributed by atoms with Crippen LogP contribution >= 0.6 is 0 Å². The molecular weight excluding hydrogens is 232 g/mol. The molecule has 0 unspecified atom stereocenters. The van der Waals surface area contributed by atoms with Gasteiger partial charge in [0.2, 0.25) is 0 Å². The summed E-state index contributed by atoms with van der Waals surface area (Å²) in [5.74, 6) is 0. The van der Waals surface area contributed by atoms with E-state index < -0.39 is 0 Å². The zero-order chi connectivity index (χ0) is 14.3. The highest BCUT2D eigenvalue weighted by Crippen LogP contribution is 2.19. The number of para-hydroxylation sites is 1. The largest absolute Gasteiger partial charge is 0.372 e. The number of aryl methyl sites for hydroxylation is 1. The molecule has 108 valence electrons. The number of hydrogen-bond acceptors (Lipinski definition) is 2. The van der Waals surface area contributed by atoms with E-state index in [1.54, 1.807) is 0 Å². The number of nitrogens with zero attached hydrogens (tertiary/aromatic N) is 1. The van der Waals surface area contributed by atoms with E-state index in [0.717, 1.165) is 19.6 Å². The van der Waals surface area contributed by atoms with Crippen LogP contribution in [0.5, 0.6) is 0 Å². The molecule has 0 aliphatic heterocycles. The average molecular weight is 262 g/mol. The lowest BCUT2D eigenvalue weighted by atomic mass is 10.1. The Bertz CT molecular complexity index is 366. The van der Waals surface area contributed by atoms with Gasteiger partial charge >= 0.3 is 0 Å². The molecule has 1 aromatic rings. The highest BCUT2D eigenvalue weighted by atomic mass is 15.1. The van der Waals surface area contributed by atoms with E-state index in [0.29, 0.717) is 0 Å². The van der Waals surface area contributed by atoms with Crippen molar-refractivity contribution in [2.45, 2.75) is 53.0 Å². The molecule has 0 aromatic heterocycles. The summed E-state index contributed by atoms with van der Waals surface area (Å²) in [5.41, 5.74) is 2.99. The number of anilines is 1. The second kappa shape index (κ2) is 7.54. The number of nitrogens with one attached hydrogen (secondary N) is 1. The molecular formula is C17H30N2. The van der Waals surface area contributed by atoms with Crippen molar-refractivity contribution in [3.05, 3.63) is 29.8 Å². The summed E-state index contributed by atoms with van der Waals surface area (Å²) in [6.07, 6.45) is 2.48. The summed E-state index contributed by atoms with van der Waals surface area (Å²) >= 11 is 0. The van der Waals surface area contributed by atoms with Crippen LogP contribution < -0.4 is 10.2 Å². The summed E-state index contributed by atoms with van der Waals surface area (Å²) in [4.78, 5) is 2.48. The minimum atomic E-state index is 0.237. The quantitative estimate of drug-likeness (QED) is 0.747. The van der Waals surface area contributed by atoms with Gasteiger partial charge in [0.1, 0.15) is 0 Å². The zero-order valence-electron chi connectivity index (χ0n) is 13.3. The third kappa shape index (κ3) is 6.11. The first kappa shape index (κ1) is 16.0. The molecule has 1 aromatic carbocycles. The van der Waals surface area contributed by atoms with E-state index in [9.17, 15) is 0 Å². The summed E-state index contributed by atoms with van der Waals surface area (Å²) in [5, 5.41) is 3.55. The molecule has 0 amide bonds. The van der Waals surface area contributed by atoms with E-state index in [1.165, 1.54) is 24.1 Å². The molecule has 19 heavy (non-hydrogen) atoms. The Morgan fingerprint density at radius 3 is 2.37 bits per heavy atom. The van der Waals surface area contributed by atoms with Crippen molar-refractivity contribution in [2.75, 3.05) is 24.5 Å². The van der Waals surface area contributed by atoms with Crippen LogP contribution in [0.4, 0.5) is 5.69 Å². The fraction of sp³-hybridized carbons (Fsp3) is 0.647. The van der Waals surface area contributed by atoms with E-state index in [2.05, 4.69) is 69.1 Å². The first-order valence-corrected chi connectivity index (χ1v) is 7.49. The molecule has 2 nitrogen and oxygen atoms in total. The molecule has 1 rings (SSSR count). The lowest BCUT2D eigenvalue weighted by Crippen LogP contribution is -2.36. The average Bonchev–Trinajstić information content (AvgIpc) is 2.34. The van der Waals surface area contributed by atoms with Gasteiger partial charge in [0.15, 0.2) is 0 Å². The predicted octanol–water partition coefficient (Wildman–Crippen LogP) is 3.99. The fourth-order valence-corrected chi connectivity index (χ4v) is 2.26. The van der Waals surface area contributed by atoms with Crippen molar-refractivity contribution >= 4 is 5.69 Å². The molecule has 2 heteroatoms. The second-order valence-corrected chi connectivity index (χ2v) is 6.25. The van der Waals surface area contributed by atoms with Gasteiger partial charge in [0.05, 0.1) is 0 Å². The van der Waals surface area contributed by atoms with Crippen molar-refractivity contribution in [3.63, 3.8) is 0 Å². The monoisotopic (exact) mass is 262 g/mol. The van der Waals surface area contributed by atoms with Crippen molar-refractivity contribution < 1.29 is 0 Å². The van der Waals surface area contributed by atoms with Gasteiger partial charge in [-0.2, -0.15) is 0 Å². The Morgan fingerprint density at radius 1 is 1.11 bits per heavy atom. The Balaban J connectivity index is 2.36. The summed E-state index contributed by atoms with van der Waals surface area (Å²) < 4.78 is 0. The fourth-order valence-electron chi connectivity index (χ4n) is 2.26. The molecule has 0 saturated heterocycles. The van der Waals surface area contributed by atoms with Crippen LogP contribution in [0.2, 0.25) is 0 Å². The van der Waals surface area contributed by atoms with Gasteiger partial charge in [0.25, 0.3) is 0 Å². The number of hydrogen-bond donors (Lipinski definition) is 1. The predicted molar refractivity (Wildman–Crippen MR) is 86.1 cm³/mol. The maximum absolute atomic E-state index is 3.55. The lowest BCUT2D eigenvalue weighted by Gasteiger charge is -2.25. The molecule has 0 bridgehead atoms. The van der Waals surface area contributed by atoms with E-state index in [4.69, 9.17) is 0 Å². The van der Waals surface area contributed by atoms with Crippen molar-refractivity contribution in [1.82, 2.24) is 5.32 Å². The highest BCUT2D eigenvalue weighted by molar-refractivity contribution is 5.52. The van der Waals surface area contributed by atoms with Gasteiger partial charge < -0.3 is 10.2 Å². The van der Waals surface area contributed by atoms with E-state index >= 15 is 0 Å². The van der Waals surface area contributed by atoms with Gasteiger partial charge in [-0.15, -0.1) is 0 Å². The zero-order valence-corrected chi connectivity index (χ0v) is 13.3. The van der Waals surface area contributed by atoms with Gasteiger partial charge in [-0.05, 0) is 65.6 Å². The number of rotatable bonds is 7. The molecule has 0 heterocycles. The smallest absolute Gasteiger partial charge is 0.0395 e. The first-order valence-electron chi connectivity index (χ1n) is 7.49.